The SMILES string of the molecule is Nc1cc(-c2ncon2)nn1-c1c(Cl)cc(C(F)(F)F)cc1Cl. The van der Waals surface area contributed by atoms with Crippen LogP contribution in [0.25, 0.3) is 17.2 Å². The van der Waals surface area contributed by atoms with Crippen LogP contribution >= 0.6 is 23.2 Å². The summed E-state index contributed by atoms with van der Waals surface area (Å²) in [6, 6.07) is 2.91. The molecule has 0 aliphatic rings. The monoisotopic (exact) mass is 363 g/mol. The van der Waals surface area contributed by atoms with Gasteiger partial charge in [0, 0.05) is 6.07 Å². The van der Waals surface area contributed by atoms with E-state index in [1.165, 1.54) is 6.07 Å². The van der Waals surface area contributed by atoms with E-state index in [1.54, 1.807) is 0 Å². The molecule has 0 bridgehead atoms. The van der Waals surface area contributed by atoms with Gasteiger partial charge in [0.05, 0.1) is 15.6 Å². The predicted molar refractivity (Wildman–Crippen MR) is 76.3 cm³/mol. The number of anilines is 1. The average molecular weight is 364 g/mol. The smallest absolute Gasteiger partial charge is 0.384 e. The summed E-state index contributed by atoms with van der Waals surface area (Å²) in [6.45, 7) is 0. The van der Waals surface area contributed by atoms with Crippen molar-refractivity contribution >= 4 is 29.0 Å². The standard InChI is InChI=1S/C12H6Cl2F3N5O/c13-6-1-5(12(15,16)17)2-7(14)10(6)22-9(18)3-8(20-22)11-19-4-23-21-11/h1-4H,18H2. The van der Waals surface area contributed by atoms with Gasteiger partial charge in [0.15, 0.2) is 0 Å². The second-order valence-corrected chi connectivity index (χ2v) is 5.22. The van der Waals surface area contributed by atoms with E-state index in [0.717, 1.165) is 23.2 Å². The molecule has 1 aromatic carbocycles. The highest BCUT2D eigenvalue weighted by atomic mass is 35.5. The van der Waals surface area contributed by atoms with Gasteiger partial charge in [-0.1, -0.05) is 28.4 Å². The number of halogens is 5. The first-order valence-electron chi connectivity index (χ1n) is 5.96. The molecule has 2 N–H and O–H groups in total. The molecular weight excluding hydrogens is 358 g/mol. The van der Waals surface area contributed by atoms with Gasteiger partial charge in [-0.2, -0.15) is 23.3 Å². The second kappa shape index (κ2) is 5.43. The van der Waals surface area contributed by atoms with Crippen LogP contribution in [0.3, 0.4) is 0 Å². The van der Waals surface area contributed by atoms with Gasteiger partial charge in [-0.25, -0.2) is 4.68 Å². The molecule has 120 valence electrons. The molecule has 0 saturated heterocycles. The fraction of sp³-hybridized carbons (Fsp3) is 0.0833. The van der Waals surface area contributed by atoms with Crippen molar-refractivity contribution in [2.24, 2.45) is 0 Å². The number of nitrogens with zero attached hydrogens (tertiary/aromatic N) is 4. The Morgan fingerprint density at radius 3 is 2.30 bits per heavy atom. The number of nitrogen functional groups attached to an aromatic ring is 1. The summed E-state index contributed by atoms with van der Waals surface area (Å²) in [5, 5.41) is 7.18. The van der Waals surface area contributed by atoms with Crippen LogP contribution < -0.4 is 5.73 Å². The lowest BCUT2D eigenvalue weighted by molar-refractivity contribution is -0.137. The minimum atomic E-state index is -4.57. The first kappa shape index (κ1) is 15.6. The van der Waals surface area contributed by atoms with Gasteiger partial charge in [-0.05, 0) is 12.1 Å². The summed E-state index contributed by atoms with van der Waals surface area (Å²) >= 11 is 11.9. The molecule has 2 aromatic heterocycles. The highest BCUT2D eigenvalue weighted by Gasteiger charge is 2.32. The number of alkyl halides is 3. The van der Waals surface area contributed by atoms with Gasteiger partial charge >= 0.3 is 6.18 Å². The fourth-order valence-electron chi connectivity index (χ4n) is 1.90. The van der Waals surface area contributed by atoms with Crippen molar-refractivity contribution in [1.29, 1.82) is 0 Å². The second-order valence-electron chi connectivity index (χ2n) is 4.41. The van der Waals surface area contributed by atoms with Crippen molar-refractivity contribution in [1.82, 2.24) is 19.9 Å². The van der Waals surface area contributed by atoms with Crippen molar-refractivity contribution in [2.75, 3.05) is 5.73 Å². The summed E-state index contributed by atoms with van der Waals surface area (Å²) in [5.74, 6) is 0.253. The highest BCUT2D eigenvalue weighted by molar-refractivity contribution is 6.38. The van der Waals surface area contributed by atoms with Gasteiger partial charge in [-0.3, -0.25) is 0 Å². The molecule has 6 nitrogen and oxygen atoms in total. The van der Waals surface area contributed by atoms with E-state index >= 15 is 0 Å². The molecule has 0 atom stereocenters. The first-order chi connectivity index (χ1) is 10.8. The maximum absolute atomic E-state index is 12.8. The van der Waals surface area contributed by atoms with Crippen molar-refractivity contribution in [3.05, 3.63) is 40.2 Å². The zero-order valence-corrected chi connectivity index (χ0v) is 12.5. The zero-order chi connectivity index (χ0) is 16.8. The molecule has 0 aliphatic heterocycles. The van der Waals surface area contributed by atoms with Crippen molar-refractivity contribution in [2.45, 2.75) is 6.18 Å². The Hall–Kier alpha value is -2.26. The molecule has 23 heavy (non-hydrogen) atoms. The number of benzene rings is 1. The minimum absolute atomic E-state index is 0.0218. The molecule has 0 saturated carbocycles. The Bertz CT molecular complexity index is 837. The molecule has 0 amide bonds. The maximum Gasteiger partial charge on any atom is 0.416 e. The average Bonchev–Trinajstić information content (AvgIpc) is 3.07. The predicted octanol–water partition coefficient (Wildman–Crippen LogP) is 3.83. The molecule has 3 aromatic rings. The van der Waals surface area contributed by atoms with E-state index in [4.69, 9.17) is 28.9 Å². The van der Waals surface area contributed by atoms with Crippen LogP contribution in [0.1, 0.15) is 5.56 Å². The van der Waals surface area contributed by atoms with Crippen LogP contribution in [0.5, 0.6) is 0 Å². The van der Waals surface area contributed by atoms with Crippen LogP contribution in [0.2, 0.25) is 10.0 Å². The third-order valence-corrected chi connectivity index (χ3v) is 3.46. The summed E-state index contributed by atoms with van der Waals surface area (Å²) in [5.41, 5.74) is 5.12. The molecule has 0 fully saturated rings. The highest BCUT2D eigenvalue weighted by Crippen LogP contribution is 2.38. The van der Waals surface area contributed by atoms with Gasteiger partial charge in [0.2, 0.25) is 12.2 Å². The summed E-state index contributed by atoms with van der Waals surface area (Å²) in [6.07, 6.45) is -3.47. The molecule has 3 rings (SSSR count). The lowest BCUT2D eigenvalue weighted by Gasteiger charge is -2.13. The normalized spacial score (nSPS) is 11.9. The van der Waals surface area contributed by atoms with Crippen LogP contribution in [-0.2, 0) is 6.18 Å². The zero-order valence-electron chi connectivity index (χ0n) is 11.0. The lowest BCUT2D eigenvalue weighted by Crippen LogP contribution is -2.08. The van der Waals surface area contributed by atoms with E-state index < -0.39 is 11.7 Å². The van der Waals surface area contributed by atoms with E-state index in [-0.39, 0.29) is 33.1 Å². The number of hydrogen-bond donors (Lipinski definition) is 1. The number of hydrogen-bond acceptors (Lipinski definition) is 5. The molecule has 0 unspecified atom stereocenters. The summed E-state index contributed by atoms with van der Waals surface area (Å²) < 4.78 is 44.0. The van der Waals surface area contributed by atoms with Crippen LogP contribution in [0, 0.1) is 0 Å². The Kier molecular flexibility index (Phi) is 3.69. The molecular formula is C12H6Cl2F3N5O. The molecule has 0 spiro atoms. The molecule has 0 aliphatic carbocycles. The Morgan fingerprint density at radius 1 is 1.13 bits per heavy atom. The quantitative estimate of drug-likeness (QED) is 0.747. The topological polar surface area (TPSA) is 82.8 Å². The van der Waals surface area contributed by atoms with Crippen LogP contribution in [-0.4, -0.2) is 19.9 Å². The third kappa shape index (κ3) is 2.84. The maximum atomic E-state index is 12.8. The third-order valence-electron chi connectivity index (χ3n) is 2.88. The lowest BCUT2D eigenvalue weighted by atomic mass is 10.2. The van der Waals surface area contributed by atoms with Gasteiger partial charge in [0.25, 0.3) is 0 Å². The Balaban J connectivity index is 2.13. The van der Waals surface area contributed by atoms with Gasteiger partial charge < -0.3 is 10.3 Å². The van der Waals surface area contributed by atoms with E-state index in [2.05, 4.69) is 19.8 Å². The molecule has 2 heterocycles. The Labute approximate surface area is 136 Å². The number of rotatable bonds is 2. The van der Waals surface area contributed by atoms with Gasteiger partial charge in [0.1, 0.15) is 17.2 Å². The summed E-state index contributed by atoms with van der Waals surface area (Å²) in [4.78, 5) is 3.80. The first-order valence-corrected chi connectivity index (χ1v) is 6.72. The molecule has 11 heteroatoms. The van der Waals surface area contributed by atoms with Crippen LogP contribution in [0.15, 0.2) is 29.1 Å². The van der Waals surface area contributed by atoms with E-state index in [9.17, 15) is 13.2 Å². The number of aromatic nitrogens is 4. The number of nitrogens with two attached hydrogens (primary N) is 1. The molecule has 0 radical (unpaired) electrons. The van der Waals surface area contributed by atoms with Gasteiger partial charge in [-0.15, -0.1) is 0 Å². The van der Waals surface area contributed by atoms with E-state index in [1.807, 2.05) is 0 Å². The van der Waals surface area contributed by atoms with Crippen molar-refractivity contribution in [3.63, 3.8) is 0 Å². The van der Waals surface area contributed by atoms with Crippen molar-refractivity contribution < 1.29 is 17.7 Å². The van der Waals surface area contributed by atoms with Crippen LogP contribution in [0.4, 0.5) is 19.0 Å². The Morgan fingerprint density at radius 2 is 1.78 bits per heavy atom. The minimum Gasteiger partial charge on any atom is -0.384 e. The largest absolute Gasteiger partial charge is 0.416 e. The van der Waals surface area contributed by atoms with Crippen molar-refractivity contribution in [3.8, 4) is 17.2 Å². The van der Waals surface area contributed by atoms with E-state index in [0.29, 0.717) is 0 Å². The summed E-state index contributed by atoms with van der Waals surface area (Å²) in [7, 11) is 0. The fourth-order valence-corrected chi connectivity index (χ4v) is 2.55.